The Morgan fingerprint density at radius 2 is 2.35 bits per heavy atom. The first kappa shape index (κ1) is 12.0. The number of nitrogens with two attached hydrogens (primary N) is 1. The van der Waals surface area contributed by atoms with Crippen molar-refractivity contribution in [2.45, 2.75) is 6.42 Å². The Kier molecular flexibility index (Phi) is 3.13. The minimum atomic E-state index is -0.312. The topological polar surface area (TPSA) is 64.8 Å². The van der Waals surface area contributed by atoms with Crippen molar-refractivity contribution in [3.8, 4) is 5.75 Å². The molecule has 2 rings (SSSR count). The molecule has 1 aromatic rings. The number of benzene rings is 1. The molecule has 0 radical (unpaired) electrons. The van der Waals surface area contributed by atoms with E-state index in [1.807, 2.05) is 0 Å². The summed E-state index contributed by atoms with van der Waals surface area (Å²) in [6.07, 6.45) is 0.665. The molecule has 1 aliphatic rings. The van der Waals surface area contributed by atoms with E-state index in [4.69, 9.17) is 26.9 Å². The number of anilines is 1. The fraction of sp³-hybridized carbons (Fsp3) is 0.364. The van der Waals surface area contributed by atoms with E-state index in [1.54, 1.807) is 0 Å². The standard InChI is InChI=1S/C11H13ClN2O3/c1-14(16-2)11(15)7-5-8(12)9(13)6-3-4-17-10(6)7/h5H,3-4,13H2,1-2H3. The van der Waals surface area contributed by atoms with Crippen molar-refractivity contribution in [2.75, 3.05) is 26.5 Å². The molecule has 0 saturated carbocycles. The third-order valence-corrected chi connectivity index (χ3v) is 3.07. The SMILES string of the molecule is CON(C)C(=O)c1cc(Cl)c(N)c2c1OCC2. The number of hydrogen-bond donors (Lipinski definition) is 1. The Morgan fingerprint density at radius 3 is 3.00 bits per heavy atom. The van der Waals surface area contributed by atoms with Crippen LogP contribution >= 0.6 is 11.6 Å². The lowest BCUT2D eigenvalue weighted by molar-refractivity contribution is -0.0758. The van der Waals surface area contributed by atoms with E-state index in [1.165, 1.54) is 20.2 Å². The van der Waals surface area contributed by atoms with Gasteiger partial charge in [0.1, 0.15) is 5.75 Å². The average Bonchev–Trinajstić information content (AvgIpc) is 2.81. The number of ether oxygens (including phenoxy) is 1. The second-order valence-electron chi connectivity index (χ2n) is 3.71. The van der Waals surface area contributed by atoms with E-state index in [0.29, 0.717) is 35.1 Å². The molecular weight excluding hydrogens is 244 g/mol. The van der Waals surface area contributed by atoms with Gasteiger partial charge in [0.15, 0.2) is 0 Å². The van der Waals surface area contributed by atoms with Crippen LogP contribution in [0.2, 0.25) is 5.02 Å². The van der Waals surface area contributed by atoms with Crippen molar-refractivity contribution in [3.63, 3.8) is 0 Å². The summed E-state index contributed by atoms with van der Waals surface area (Å²) < 4.78 is 5.44. The van der Waals surface area contributed by atoms with Gasteiger partial charge >= 0.3 is 0 Å². The molecule has 0 unspecified atom stereocenters. The highest BCUT2D eigenvalue weighted by Gasteiger charge is 2.26. The summed E-state index contributed by atoms with van der Waals surface area (Å²) in [6, 6.07) is 1.51. The van der Waals surface area contributed by atoms with Crippen molar-refractivity contribution < 1.29 is 14.4 Å². The minimum Gasteiger partial charge on any atom is -0.492 e. The average molecular weight is 257 g/mol. The first-order chi connectivity index (χ1) is 8.06. The second-order valence-corrected chi connectivity index (χ2v) is 4.12. The summed E-state index contributed by atoms with van der Waals surface area (Å²) in [5.74, 6) is 0.202. The number of hydrogen-bond acceptors (Lipinski definition) is 4. The highest BCUT2D eigenvalue weighted by atomic mass is 35.5. The summed E-state index contributed by atoms with van der Waals surface area (Å²) >= 11 is 6.00. The molecule has 0 fully saturated rings. The van der Waals surface area contributed by atoms with Crippen molar-refractivity contribution in [1.82, 2.24) is 5.06 Å². The van der Waals surface area contributed by atoms with Crippen LogP contribution in [0.3, 0.4) is 0 Å². The van der Waals surface area contributed by atoms with Gasteiger partial charge in [-0.2, -0.15) is 0 Å². The monoisotopic (exact) mass is 256 g/mol. The molecule has 92 valence electrons. The zero-order valence-corrected chi connectivity index (χ0v) is 10.4. The number of fused-ring (bicyclic) bond motifs is 1. The van der Waals surface area contributed by atoms with Crippen LogP contribution < -0.4 is 10.5 Å². The number of carbonyl (C=O) groups is 1. The molecule has 0 saturated heterocycles. The summed E-state index contributed by atoms with van der Waals surface area (Å²) in [5, 5.41) is 1.48. The molecule has 0 spiro atoms. The van der Waals surface area contributed by atoms with Crippen LogP contribution in [-0.2, 0) is 11.3 Å². The van der Waals surface area contributed by atoms with E-state index in [0.717, 1.165) is 10.6 Å². The molecule has 1 heterocycles. The summed E-state index contributed by atoms with van der Waals surface area (Å²) in [5.41, 5.74) is 7.50. The molecule has 1 aromatic carbocycles. The van der Waals surface area contributed by atoms with E-state index in [9.17, 15) is 4.79 Å². The van der Waals surface area contributed by atoms with Gasteiger partial charge in [0.2, 0.25) is 0 Å². The molecule has 0 bridgehead atoms. The number of amides is 1. The molecule has 5 nitrogen and oxygen atoms in total. The predicted octanol–water partition coefficient (Wildman–Crippen LogP) is 1.49. The number of nitrogen functional groups attached to an aromatic ring is 1. The highest BCUT2D eigenvalue weighted by molar-refractivity contribution is 6.33. The Hall–Kier alpha value is -1.46. The fourth-order valence-corrected chi connectivity index (χ4v) is 2.00. The molecule has 0 aromatic heterocycles. The normalized spacial score (nSPS) is 13.1. The molecule has 6 heteroatoms. The van der Waals surface area contributed by atoms with E-state index in [-0.39, 0.29) is 5.91 Å². The van der Waals surface area contributed by atoms with Gasteiger partial charge in [0.05, 0.1) is 30.0 Å². The molecule has 2 N–H and O–H groups in total. The zero-order valence-electron chi connectivity index (χ0n) is 9.62. The van der Waals surface area contributed by atoms with Crippen LogP contribution in [0.25, 0.3) is 0 Å². The first-order valence-corrected chi connectivity index (χ1v) is 5.50. The van der Waals surface area contributed by atoms with Gasteiger partial charge in [-0.1, -0.05) is 11.6 Å². The van der Waals surface area contributed by atoms with Crippen molar-refractivity contribution in [3.05, 3.63) is 22.2 Å². The lowest BCUT2D eigenvalue weighted by Gasteiger charge is -2.16. The maximum atomic E-state index is 12.0. The Bertz CT molecular complexity index is 476. The first-order valence-electron chi connectivity index (χ1n) is 5.12. The van der Waals surface area contributed by atoms with Crippen molar-refractivity contribution in [2.24, 2.45) is 0 Å². The molecule has 1 amide bonds. The lowest BCUT2D eigenvalue weighted by atomic mass is 10.1. The van der Waals surface area contributed by atoms with E-state index >= 15 is 0 Å². The van der Waals surface area contributed by atoms with Gasteiger partial charge in [-0.25, -0.2) is 5.06 Å². The van der Waals surface area contributed by atoms with Crippen LogP contribution in [0.1, 0.15) is 15.9 Å². The molecule has 1 aliphatic heterocycles. The van der Waals surface area contributed by atoms with E-state index in [2.05, 4.69) is 0 Å². The predicted molar refractivity (Wildman–Crippen MR) is 64.2 cm³/mol. The quantitative estimate of drug-likeness (QED) is 0.643. The number of nitrogens with zero attached hydrogens (tertiary/aromatic N) is 1. The largest absolute Gasteiger partial charge is 0.492 e. The second kappa shape index (κ2) is 4.43. The van der Waals surface area contributed by atoms with Crippen LogP contribution in [-0.4, -0.2) is 31.7 Å². The van der Waals surface area contributed by atoms with Crippen molar-refractivity contribution in [1.29, 1.82) is 0 Å². The van der Waals surface area contributed by atoms with Gasteiger partial charge in [0.25, 0.3) is 5.91 Å². The van der Waals surface area contributed by atoms with Gasteiger partial charge in [0, 0.05) is 19.0 Å². The summed E-state index contributed by atoms with van der Waals surface area (Å²) in [7, 11) is 2.94. The fourth-order valence-electron chi connectivity index (χ4n) is 1.78. The van der Waals surface area contributed by atoms with E-state index < -0.39 is 0 Å². The smallest absolute Gasteiger partial charge is 0.280 e. The number of hydroxylamine groups is 2. The molecule has 0 atom stereocenters. The Balaban J connectivity index is 2.52. The zero-order chi connectivity index (χ0) is 12.6. The third-order valence-electron chi connectivity index (χ3n) is 2.76. The van der Waals surface area contributed by atoms with Gasteiger partial charge < -0.3 is 10.5 Å². The Labute approximate surface area is 104 Å². The van der Waals surface area contributed by atoms with Crippen LogP contribution in [0, 0.1) is 0 Å². The van der Waals surface area contributed by atoms with Crippen LogP contribution in [0.5, 0.6) is 5.75 Å². The van der Waals surface area contributed by atoms with Crippen LogP contribution in [0.15, 0.2) is 6.07 Å². The molecule has 17 heavy (non-hydrogen) atoms. The van der Waals surface area contributed by atoms with Crippen LogP contribution in [0.4, 0.5) is 5.69 Å². The van der Waals surface area contributed by atoms with Gasteiger partial charge in [-0.15, -0.1) is 0 Å². The van der Waals surface area contributed by atoms with Gasteiger partial charge in [-0.3, -0.25) is 9.63 Å². The van der Waals surface area contributed by atoms with Crippen molar-refractivity contribution >= 4 is 23.2 Å². The minimum absolute atomic E-state index is 0.312. The summed E-state index contributed by atoms with van der Waals surface area (Å²) in [4.78, 5) is 16.9. The number of rotatable bonds is 2. The van der Waals surface area contributed by atoms with Gasteiger partial charge in [-0.05, 0) is 6.07 Å². The number of carbonyl (C=O) groups excluding carboxylic acids is 1. The molecule has 0 aliphatic carbocycles. The maximum Gasteiger partial charge on any atom is 0.280 e. The third kappa shape index (κ3) is 1.92. The molecular formula is C11H13ClN2O3. The highest BCUT2D eigenvalue weighted by Crippen LogP contribution is 2.39. The maximum absolute atomic E-state index is 12.0. The lowest BCUT2D eigenvalue weighted by Crippen LogP contribution is -2.25. The number of halogens is 1. The Morgan fingerprint density at radius 1 is 1.65 bits per heavy atom. The summed E-state index contributed by atoms with van der Waals surface area (Å²) in [6.45, 7) is 0.511.